The number of fused-ring (bicyclic) bond motifs is 2. The molecule has 0 unspecified atom stereocenters. The first kappa shape index (κ1) is 24.9. The Bertz CT molecular complexity index is 1480. The minimum absolute atomic E-state index is 0.171. The van der Waals surface area contributed by atoms with Gasteiger partial charge in [-0.25, -0.2) is 26.3 Å². The summed E-state index contributed by atoms with van der Waals surface area (Å²) >= 11 is 0. The second kappa shape index (κ2) is 10.3. The largest absolute Gasteiger partial charge is 0.240 e. The molecule has 5 rings (SSSR count). The highest BCUT2D eigenvalue weighted by Gasteiger charge is 2.26. The molecular formula is C28H30N2O4S2. The van der Waals surface area contributed by atoms with E-state index in [1.54, 1.807) is 24.3 Å². The van der Waals surface area contributed by atoms with Crippen molar-refractivity contribution in [3.05, 3.63) is 84.9 Å². The second-order valence-electron chi connectivity index (χ2n) is 9.62. The Hall–Kier alpha value is -2.78. The number of rotatable bonds is 8. The third-order valence-corrected chi connectivity index (χ3v) is 9.92. The fraction of sp³-hybridized carbons (Fsp3) is 0.286. The predicted molar refractivity (Wildman–Crippen MR) is 144 cm³/mol. The molecule has 1 aliphatic carbocycles. The van der Waals surface area contributed by atoms with Gasteiger partial charge < -0.3 is 0 Å². The van der Waals surface area contributed by atoms with Crippen molar-refractivity contribution >= 4 is 41.6 Å². The van der Waals surface area contributed by atoms with Crippen molar-refractivity contribution in [3.63, 3.8) is 0 Å². The molecule has 1 fully saturated rings. The van der Waals surface area contributed by atoms with Crippen LogP contribution in [-0.4, -0.2) is 29.9 Å². The molecule has 0 aromatic heterocycles. The average molecular weight is 523 g/mol. The van der Waals surface area contributed by atoms with Crippen molar-refractivity contribution in [2.24, 2.45) is 11.8 Å². The Morgan fingerprint density at radius 2 is 1.00 bits per heavy atom. The summed E-state index contributed by atoms with van der Waals surface area (Å²) in [6.45, 7) is 0.701. The van der Waals surface area contributed by atoms with Crippen LogP contribution < -0.4 is 9.44 Å². The van der Waals surface area contributed by atoms with Gasteiger partial charge in [0, 0.05) is 13.1 Å². The number of nitrogens with one attached hydrogen (secondary N) is 2. The van der Waals surface area contributed by atoms with Crippen LogP contribution in [0.4, 0.5) is 0 Å². The van der Waals surface area contributed by atoms with Gasteiger partial charge in [0.2, 0.25) is 20.0 Å². The number of hydrogen-bond acceptors (Lipinski definition) is 4. The zero-order chi connectivity index (χ0) is 25.2. The average Bonchev–Trinajstić information content (AvgIpc) is 2.90. The van der Waals surface area contributed by atoms with Crippen molar-refractivity contribution in [1.82, 2.24) is 9.44 Å². The first-order valence-electron chi connectivity index (χ1n) is 12.3. The normalized spacial score (nSPS) is 19.0. The standard InChI is InChI=1S/C28H30N2O4S2/c31-35(32,27-14-12-23-8-1-3-10-25(23)17-27)29-19-21-6-5-7-22(16-21)20-30-36(33,34)28-15-13-24-9-2-4-11-26(24)18-28/h1-4,8-15,17-18,21-22,29-30H,5-7,16,19-20H2/t21-,22-/m0/s1. The Labute approximate surface area is 212 Å². The van der Waals surface area contributed by atoms with E-state index in [1.165, 1.54) is 0 Å². The van der Waals surface area contributed by atoms with Gasteiger partial charge in [0.05, 0.1) is 9.79 Å². The van der Waals surface area contributed by atoms with E-state index in [9.17, 15) is 16.8 Å². The van der Waals surface area contributed by atoms with Crippen molar-refractivity contribution < 1.29 is 16.8 Å². The Morgan fingerprint density at radius 3 is 1.44 bits per heavy atom. The molecule has 0 bridgehead atoms. The van der Waals surface area contributed by atoms with Crippen LogP contribution in [0.5, 0.6) is 0 Å². The number of sulfonamides is 2. The molecular weight excluding hydrogens is 492 g/mol. The minimum atomic E-state index is -3.62. The molecule has 2 N–H and O–H groups in total. The summed E-state index contributed by atoms with van der Waals surface area (Å²) in [6.07, 6.45) is 3.58. The summed E-state index contributed by atoms with van der Waals surface area (Å²) in [5, 5.41) is 3.77. The van der Waals surface area contributed by atoms with E-state index in [0.717, 1.165) is 47.2 Å². The molecule has 0 aliphatic heterocycles. The highest BCUT2D eigenvalue weighted by Crippen LogP contribution is 2.29. The maximum absolute atomic E-state index is 12.9. The molecule has 1 aliphatic rings. The molecule has 4 aromatic rings. The van der Waals surface area contributed by atoms with Gasteiger partial charge in [0.15, 0.2) is 0 Å². The molecule has 6 nitrogen and oxygen atoms in total. The molecule has 1 saturated carbocycles. The lowest BCUT2D eigenvalue weighted by atomic mass is 9.81. The van der Waals surface area contributed by atoms with Gasteiger partial charge in [0.1, 0.15) is 0 Å². The highest BCUT2D eigenvalue weighted by atomic mass is 32.2. The van der Waals surface area contributed by atoms with Gasteiger partial charge in [0.25, 0.3) is 0 Å². The minimum Gasteiger partial charge on any atom is -0.211 e. The molecule has 36 heavy (non-hydrogen) atoms. The predicted octanol–water partition coefficient (Wildman–Crippen LogP) is 5.06. The van der Waals surface area contributed by atoms with Crippen LogP contribution in [0, 0.1) is 11.8 Å². The van der Waals surface area contributed by atoms with Crippen molar-refractivity contribution in [3.8, 4) is 0 Å². The van der Waals surface area contributed by atoms with Crippen molar-refractivity contribution in [1.29, 1.82) is 0 Å². The van der Waals surface area contributed by atoms with Crippen LogP contribution in [0.1, 0.15) is 25.7 Å². The highest BCUT2D eigenvalue weighted by molar-refractivity contribution is 7.89. The molecule has 4 aromatic carbocycles. The fourth-order valence-corrected chi connectivity index (χ4v) is 7.37. The first-order valence-corrected chi connectivity index (χ1v) is 15.2. The summed E-state index contributed by atoms with van der Waals surface area (Å²) in [5.41, 5.74) is 0. The summed E-state index contributed by atoms with van der Waals surface area (Å²) in [5.74, 6) is 0.341. The molecule has 0 amide bonds. The van der Waals surface area contributed by atoms with Gasteiger partial charge >= 0.3 is 0 Å². The Morgan fingerprint density at radius 1 is 0.583 bits per heavy atom. The van der Waals surface area contributed by atoms with Crippen molar-refractivity contribution in [2.75, 3.05) is 13.1 Å². The Balaban J connectivity index is 1.18. The fourth-order valence-electron chi connectivity index (χ4n) is 5.06. The maximum atomic E-state index is 12.9. The van der Waals surface area contributed by atoms with Crippen molar-refractivity contribution in [2.45, 2.75) is 35.5 Å². The van der Waals surface area contributed by atoms with E-state index in [0.29, 0.717) is 13.1 Å². The maximum Gasteiger partial charge on any atom is 0.240 e. The van der Waals surface area contributed by atoms with Crippen LogP contribution in [0.3, 0.4) is 0 Å². The van der Waals surface area contributed by atoms with Gasteiger partial charge in [-0.1, -0.05) is 67.1 Å². The van der Waals surface area contributed by atoms with Crippen LogP contribution >= 0.6 is 0 Å². The zero-order valence-electron chi connectivity index (χ0n) is 19.9. The van der Waals surface area contributed by atoms with E-state index in [4.69, 9.17) is 0 Å². The molecule has 0 radical (unpaired) electrons. The van der Waals surface area contributed by atoms with Crippen LogP contribution in [0.15, 0.2) is 94.7 Å². The van der Waals surface area contributed by atoms with Gasteiger partial charge in [-0.15, -0.1) is 0 Å². The lowest BCUT2D eigenvalue weighted by molar-refractivity contribution is 0.268. The summed E-state index contributed by atoms with van der Waals surface area (Å²) < 4.78 is 57.2. The lowest BCUT2D eigenvalue weighted by Gasteiger charge is -2.29. The van der Waals surface area contributed by atoms with E-state index in [1.807, 2.05) is 60.7 Å². The van der Waals surface area contributed by atoms with Gasteiger partial charge in [-0.05, 0) is 76.9 Å². The van der Waals surface area contributed by atoms with E-state index < -0.39 is 20.0 Å². The van der Waals surface area contributed by atoms with E-state index >= 15 is 0 Å². The molecule has 0 spiro atoms. The molecule has 8 heteroatoms. The molecule has 0 saturated heterocycles. The quantitative estimate of drug-likeness (QED) is 0.339. The van der Waals surface area contributed by atoms with Crippen LogP contribution in [0.2, 0.25) is 0 Å². The SMILES string of the molecule is O=S(=O)(NC[C@H]1CCC[C@H](CNS(=O)(=O)c2ccc3ccccc3c2)C1)c1ccc2ccccc2c1. The molecule has 2 atom stereocenters. The van der Waals surface area contributed by atoms with E-state index in [-0.39, 0.29) is 21.6 Å². The summed E-state index contributed by atoms with van der Waals surface area (Å²) in [7, 11) is -7.24. The first-order chi connectivity index (χ1) is 17.3. The second-order valence-corrected chi connectivity index (χ2v) is 13.2. The number of benzene rings is 4. The summed E-state index contributed by atoms with van der Waals surface area (Å²) in [6, 6.07) is 25.7. The Kier molecular flexibility index (Phi) is 7.12. The van der Waals surface area contributed by atoms with Crippen LogP contribution in [-0.2, 0) is 20.0 Å². The summed E-state index contributed by atoms with van der Waals surface area (Å²) in [4.78, 5) is 0.522. The molecule has 0 heterocycles. The van der Waals surface area contributed by atoms with E-state index in [2.05, 4.69) is 9.44 Å². The molecule has 188 valence electrons. The van der Waals surface area contributed by atoms with Gasteiger partial charge in [-0.3, -0.25) is 0 Å². The van der Waals surface area contributed by atoms with Crippen LogP contribution in [0.25, 0.3) is 21.5 Å². The number of hydrogen-bond donors (Lipinski definition) is 2. The lowest BCUT2D eigenvalue weighted by Crippen LogP contribution is -2.35. The zero-order valence-corrected chi connectivity index (χ0v) is 21.6. The third-order valence-electron chi connectivity index (χ3n) is 7.08. The monoisotopic (exact) mass is 522 g/mol. The topological polar surface area (TPSA) is 92.3 Å². The van der Waals surface area contributed by atoms with Gasteiger partial charge in [-0.2, -0.15) is 0 Å². The smallest absolute Gasteiger partial charge is 0.211 e. The third kappa shape index (κ3) is 5.62.